The highest BCUT2D eigenvalue weighted by atomic mass is 79.9. The Bertz CT molecular complexity index is 440. The van der Waals surface area contributed by atoms with Crippen molar-refractivity contribution in [2.45, 2.75) is 13.5 Å². The molecule has 0 spiro atoms. The van der Waals surface area contributed by atoms with Crippen LogP contribution in [0.25, 0.3) is 0 Å². The van der Waals surface area contributed by atoms with Crippen LogP contribution in [0.15, 0.2) is 23.1 Å². The summed E-state index contributed by atoms with van der Waals surface area (Å²) in [5.74, 6) is 1.54. The number of hydrogen-bond acceptors (Lipinski definition) is 4. The van der Waals surface area contributed by atoms with Gasteiger partial charge in [0.2, 0.25) is 0 Å². The summed E-state index contributed by atoms with van der Waals surface area (Å²) < 4.78 is 0.858. The maximum absolute atomic E-state index is 4.27. The average molecular weight is 268 g/mol. The molecule has 0 aliphatic carbocycles. The van der Waals surface area contributed by atoms with Crippen molar-refractivity contribution >= 4 is 21.7 Å². The molecule has 78 valence electrons. The number of rotatable bonds is 3. The Labute approximate surface area is 95.5 Å². The molecule has 2 rings (SSSR count). The van der Waals surface area contributed by atoms with Gasteiger partial charge in [0, 0.05) is 24.5 Å². The lowest BCUT2D eigenvalue weighted by atomic mass is 10.3. The summed E-state index contributed by atoms with van der Waals surface area (Å²) >= 11 is 3.38. The van der Waals surface area contributed by atoms with Gasteiger partial charge in [-0.2, -0.15) is 5.10 Å². The summed E-state index contributed by atoms with van der Waals surface area (Å²) in [6.45, 7) is 2.54. The average Bonchev–Trinajstić information content (AvgIpc) is 2.72. The number of anilines is 1. The van der Waals surface area contributed by atoms with Crippen molar-refractivity contribution in [1.29, 1.82) is 0 Å². The second-order valence-electron chi connectivity index (χ2n) is 3.07. The van der Waals surface area contributed by atoms with Crippen LogP contribution in [0.3, 0.4) is 0 Å². The van der Waals surface area contributed by atoms with Crippen LogP contribution < -0.4 is 5.32 Å². The van der Waals surface area contributed by atoms with Crippen molar-refractivity contribution < 1.29 is 0 Å². The van der Waals surface area contributed by atoms with E-state index in [0.717, 1.165) is 21.7 Å². The number of aryl methyl sites for hydroxylation is 1. The van der Waals surface area contributed by atoms with Gasteiger partial charge in [-0.15, -0.1) is 0 Å². The van der Waals surface area contributed by atoms with Gasteiger partial charge in [-0.05, 0) is 22.9 Å². The summed E-state index contributed by atoms with van der Waals surface area (Å²) in [5, 5.41) is 9.82. The molecule has 0 saturated carbocycles. The molecule has 2 aromatic rings. The molecule has 0 amide bonds. The van der Waals surface area contributed by atoms with Crippen molar-refractivity contribution in [3.8, 4) is 0 Å². The molecule has 0 aliphatic rings. The Morgan fingerprint density at radius 3 is 3.07 bits per heavy atom. The van der Waals surface area contributed by atoms with Gasteiger partial charge in [0.1, 0.15) is 11.6 Å². The van der Waals surface area contributed by atoms with Crippen LogP contribution in [0, 0.1) is 6.92 Å². The van der Waals surface area contributed by atoms with E-state index in [9.17, 15) is 0 Å². The normalized spacial score (nSPS) is 10.3. The topological polar surface area (TPSA) is 66.5 Å². The zero-order chi connectivity index (χ0) is 10.7. The van der Waals surface area contributed by atoms with Crippen molar-refractivity contribution in [2.24, 2.45) is 0 Å². The molecular weight excluding hydrogens is 258 g/mol. The summed E-state index contributed by atoms with van der Waals surface area (Å²) in [6, 6.07) is 0. The van der Waals surface area contributed by atoms with Gasteiger partial charge in [0.25, 0.3) is 0 Å². The van der Waals surface area contributed by atoms with Gasteiger partial charge >= 0.3 is 0 Å². The largest absolute Gasteiger partial charge is 0.365 e. The quantitative estimate of drug-likeness (QED) is 0.892. The fraction of sp³-hybridized carbons (Fsp3) is 0.222. The second-order valence-corrected chi connectivity index (χ2v) is 3.93. The van der Waals surface area contributed by atoms with Gasteiger partial charge < -0.3 is 5.32 Å². The Morgan fingerprint density at radius 2 is 2.33 bits per heavy atom. The number of aromatic nitrogens is 4. The molecule has 2 N–H and O–H groups in total. The minimum Gasteiger partial charge on any atom is -0.365 e. The summed E-state index contributed by atoms with van der Waals surface area (Å²) in [5.41, 5.74) is 1.08. The molecule has 15 heavy (non-hydrogen) atoms. The van der Waals surface area contributed by atoms with Crippen LogP contribution in [-0.4, -0.2) is 20.2 Å². The molecule has 0 saturated heterocycles. The van der Waals surface area contributed by atoms with E-state index < -0.39 is 0 Å². The SMILES string of the molecule is Cc1ncc(Br)c(NCc2cn[nH]c2)n1. The zero-order valence-corrected chi connectivity index (χ0v) is 9.74. The standard InChI is InChI=1S/C9H10BrN5/c1-6-11-5-8(10)9(15-6)12-2-7-3-13-14-4-7/h3-5H,2H2,1H3,(H,13,14)(H,11,12,15). The Hall–Kier alpha value is -1.43. The minimum atomic E-state index is 0.686. The third-order valence-corrected chi connectivity index (χ3v) is 2.46. The monoisotopic (exact) mass is 267 g/mol. The van der Waals surface area contributed by atoms with Gasteiger partial charge in [-0.25, -0.2) is 9.97 Å². The highest BCUT2D eigenvalue weighted by Gasteiger charge is 2.02. The van der Waals surface area contributed by atoms with Gasteiger partial charge in [-0.1, -0.05) is 0 Å². The Morgan fingerprint density at radius 1 is 1.47 bits per heavy atom. The number of aromatic amines is 1. The fourth-order valence-corrected chi connectivity index (χ4v) is 1.47. The van der Waals surface area contributed by atoms with Crippen molar-refractivity contribution in [3.05, 3.63) is 34.5 Å². The number of halogens is 1. The molecule has 0 radical (unpaired) electrons. The van der Waals surface area contributed by atoms with E-state index >= 15 is 0 Å². The molecule has 6 heteroatoms. The van der Waals surface area contributed by atoms with Crippen molar-refractivity contribution in [1.82, 2.24) is 20.2 Å². The first-order valence-electron chi connectivity index (χ1n) is 4.46. The molecule has 0 unspecified atom stereocenters. The van der Waals surface area contributed by atoms with Gasteiger partial charge in [0.15, 0.2) is 0 Å². The maximum atomic E-state index is 4.27. The first-order chi connectivity index (χ1) is 7.25. The molecule has 0 bridgehead atoms. The van der Waals surface area contributed by atoms with E-state index in [1.165, 1.54) is 0 Å². The second kappa shape index (κ2) is 4.39. The molecule has 5 nitrogen and oxygen atoms in total. The van der Waals surface area contributed by atoms with Crippen LogP contribution in [0.5, 0.6) is 0 Å². The molecule has 0 atom stereocenters. The molecule has 0 aliphatic heterocycles. The van der Waals surface area contributed by atoms with Crippen LogP contribution >= 0.6 is 15.9 Å². The summed E-state index contributed by atoms with van der Waals surface area (Å²) in [7, 11) is 0. The number of H-pyrrole nitrogens is 1. The first kappa shape index (κ1) is 10.1. The fourth-order valence-electron chi connectivity index (χ4n) is 1.14. The van der Waals surface area contributed by atoms with Crippen molar-refractivity contribution in [3.63, 3.8) is 0 Å². The summed E-state index contributed by atoms with van der Waals surface area (Å²) in [4.78, 5) is 8.34. The summed E-state index contributed by atoms with van der Waals surface area (Å²) in [6.07, 6.45) is 5.35. The highest BCUT2D eigenvalue weighted by Crippen LogP contribution is 2.18. The van der Waals surface area contributed by atoms with Gasteiger partial charge in [0.05, 0.1) is 10.7 Å². The number of nitrogens with zero attached hydrogens (tertiary/aromatic N) is 3. The van der Waals surface area contributed by atoms with Crippen molar-refractivity contribution in [2.75, 3.05) is 5.32 Å². The molecule has 2 aromatic heterocycles. The number of hydrogen-bond donors (Lipinski definition) is 2. The predicted molar refractivity (Wildman–Crippen MR) is 60.4 cm³/mol. The Kier molecular flexibility index (Phi) is 2.96. The van der Waals surface area contributed by atoms with E-state index in [-0.39, 0.29) is 0 Å². The smallest absolute Gasteiger partial charge is 0.144 e. The lowest BCUT2D eigenvalue weighted by molar-refractivity contribution is 1.01. The van der Waals surface area contributed by atoms with E-state index in [4.69, 9.17) is 0 Å². The molecule has 0 fully saturated rings. The highest BCUT2D eigenvalue weighted by molar-refractivity contribution is 9.10. The molecule has 0 aromatic carbocycles. The predicted octanol–water partition coefficient (Wildman–Crippen LogP) is 1.88. The third kappa shape index (κ3) is 2.53. The lowest BCUT2D eigenvalue weighted by Gasteiger charge is -2.06. The first-order valence-corrected chi connectivity index (χ1v) is 5.25. The number of nitrogens with one attached hydrogen (secondary N) is 2. The lowest BCUT2D eigenvalue weighted by Crippen LogP contribution is -2.03. The van der Waals surface area contributed by atoms with Crippen LogP contribution in [0.1, 0.15) is 11.4 Å². The zero-order valence-electron chi connectivity index (χ0n) is 8.16. The maximum Gasteiger partial charge on any atom is 0.144 e. The molecule has 2 heterocycles. The van der Waals surface area contributed by atoms with Crippen LogP contribution in [-0.2, 0) is 6.54 Å². The van der Waals surface area contributed by atoms with Crippen LogP contribution in [0.4, 0.5) is 5.82 Å². The third-order valence-electron chi connectivity index (χ3n) is 1.88. The van der Waals surface area contributed by atoms with E-state index in [2.05, 4.69) is 41.4 Å². The Balaban J connectivity index is 2.07. The van der Waals surface area contributed by atoms with E-state index in [1.54, 1.807) is 12.4 Å². The molecular formula is C9H10BrN5. The van der Waals surface area contributed by atoms with E-state index in [0.29, 0.717) is 6.54 Å². The minimum absolute atomic E-state index is 0.686. The van der Waals surface area contributed by atoms with Crippen LogP contribution in [0.2, 0.25) is 0 Å². The van der Waals surface area contributed by atoms with E-state index in [1.807, 2.05) is 13.1 Å². The van der Waals surface area contributed by atoms with Gasteiger partial charge in [-0.3, -0.25) is 5.10 Å².